The minimum atomic E-state index is -1.00. The predicted octanol–water partition coefficient (Wildman–Crippen LogP) is 3.61. The number of carbonyl (C=O) groups is 5. The van der Waals surface area contributed by atoms with Gasteiger partial charge >= 0.3 is 0 Å². The van der Waals surface area contributed by atoms with Crippen LogP contribution >= 0.6 is 0 Å². The van der Waals surface area contributed by atoms with E-state index in [-0.39, 0.29) is 35.7 Å². The first-order valence-corrected chi connectivity index (χ1v) is 18.8. The number of piperidine rings is 1. The Labute approximate surface area is 315 Å². The lowest BCUT2D eigenvalue weighted by atomic mass is 9.93. The van der Waals surface area contributed by atoms with Gasteiger partial charge in [-0.05, 0) is 81.4 Å². The maximum Gasteiger partial charge on any atom is 0.262 e. The molecular weight excluding hydrogens is 689 g/mol. The van der Waals surface area contributed by atoms with Crippen molar-refractivity contribution in [2.45, 2.75) is 57.2 Å². The molecule has 0 saturated carbocycles. The van der Waals surface area contributed by atoms with Crippen molar-refractivity contribution in [3.63, 3.8) is 0 Å². The van der Waals surface area contributed by atoms with Crippen LogP contribution in [0.15, 0.2) is 60.7 Å². The molecule has 13 heteroatoms. The lowest BCUT2D eigenvalue weighted by Gasteiger charge is -2.36. The third kappa shape index (κ3) is 7.60. The van der Waals surface area contributed by atoms with E-state index in [1.54, 1.807) is 30.3 Å². The van der Waals surface area contributed by atoms with E-state index in [9.17, 15) is 28.4 Å². The number of amides is 5. The van der Waals surface area contributed by atoms with Crippen LogP contribution in [0.5, 0.6) is 0 Å². The van der Waals surface area contributed by atoms with E-state index in [1.165, 1.54) is 5.56 Å². The number of likely N-dealkylation sites (N-methyl/N-ethyl adjacent to an activating group) is 1. The minimum Gasteiger partial charge on any atom is -0.385 e. The Morgan fingerprint density at radius 2 is 1.67 bits per heavy atom. The molecule has 4 heterocycles. The van der Waals surface area contributed by atoms with Crippen LogP contribution in [0.2, 0.25) is 0 Å². The van der Waals surface area contributed by atoms with E-state index in [0.29, 0.717) is 56.7 Å². The number of aryl methyl sites for hydroxylation is 1. The molecule has 0 radical (unpaired) electrons. The summed E-state index contributed by atoms with van der Waals surface area (Å²) in [4.78, 5) is 72.9. The number of anilines is 2. The molecule has 3 aromatic rings. The van der Waals surface area contributed by atoms with Gasteiger partial charge in [-0.1, -0.05) is 24.3 Å². The van der Waals surface area contributed by atoms with Gasteiger partial charge in [0, 0.05) is 94.1 Å². The predicted molar refractivity (Wildman–Crippen MR) is 203 cm³/mol. The number of likely N-dealkylation sites (tertiary alicyclic amines) is 1. The van der Waals surface area contributed by atoms with Crippen molar-refractivity contribution < 1.29 is 28.4 Å². The zero-order valence-corrected chi connectivity index (χ0v) is 31.1. The molecule has 4 aliphatic rings. The summed E-state index contributed by atoms with van der Waals surface area (Å²) < 4.78 is 14.6. The number of benzene rings is 3. The third-order valence-electron chi connectivity index (χ3n) is 11.4. The average molecular weight is 738 g/mol. The van der Waals surface area contributed by atoms with Crippen LogP contribution in [0.25, 0.3) is 0 Å². The highest BCUT2D eigenvalue weighted by Crippen LogP contribution is 2.34. The molecule has 284 valence electrons. The molecule has 3 fully saturated rings. The zero-order valence-electron chi connectivity index (χ0n) is 31.1. The molecule has 54 heavy (non-hydrogen) atoms. The van der Waals surface area contributed by atoms with E-state index in [1.807, 2.05) is 17.9 Å². The molecule has 4 aliphatic heterocycles. The van der Waals surface area contributed by atoms with Crippen LogP contribution < -0.4 is 15.5 Å². The second-order valence-corrected chi connectivity index (χ2v) is 15.1. The van der Waals surface area contributed by atoms with Crippen LogP contribution in [0.3, 0.4) is 0 Å². The largest absolute Gasteiger partial charge is 0.385 e. The normalized spacial score (nSPS) is 21.9. The van der Waals surface area contributed by atoms with Crippen molar-refractivity contribution in [3.05, 3.63) is 94.3 Å². The van der Waals surface area contributed by atoms with Crippen LogP contribution in [-0.2, 0) is 20.9 Å². The number of hydrogen-bond donors (Lipinski definition) is 2. The van der Waals surface area contributed by atoms with Crippen molar-refractivity contribution in [1.82, 2.24) is 24.9 Å². The summed E-state index contributed by atoms with van der Waals surface area (Å²) in [6.07, 6.45) is 1.16. The summed E-state index contributed by atoms with van der Waals surface area (Å²) in [6.45, 7) is 7.62. The molecule has 5 amide bonds. The van der Waals surface area contributed by atoms with Crippen LogP contribution in [0.1, 0.15) is 69.0 Å². The minimum absolute atomic E-state index is 0.0680. The van der Waals surface area contributed by atoms with Crippen LogP contribution in [0.4, 0.5) is 15.8 Å². The van der Waals surface area contributed by atoms with E-state index in [2.05, 4.69) is 63.7 Å². The Balaban J connectivity index is 0.862. The van der Waals surface area contributed by atoms with E-state index in [4.69, 9.17) is 0 Å². The standard InChI is InChI=1S/C41H48FN7O5/c1-26-6-4-7-34(42)32(26)23-46-24-33(36(25-46)45(2)3)27-9-12-29(13-10-27)47-18-20-48(21-19-47)38(51)8-5-17-43-28-11-14-30-31(22-28)41(54)49(40(30)53)35-15-16-37(50)44-39(35)52/h4,6-7,9-14,22,33,35-36,43H,5,8,15-21,23-25H2,1-3H3,(H,44,50,52)/t33-,35?,36+/m1/s1. The number of carbonyl (C=O) groups excluding carboxylic acids is 5. The van der Waals surface area contributed by atoms with Crippen LogP contribution in [0, 0.1) is 12.7 Å². The average Bonchev–Trinajstić information content (AvgIpc) is 3.70. The second kappa shape index (κ2) is 15.7. The Hall–Kier alpha value is -5.14. The van der Waals surface area contributed by atoms with Gasteiger partial charge in [0.25, 0.3) is 11.8 Å². The summed E-state index contributed by atoms with van der Waals surface area (Å²) in [5.74, 6) is -1.87. The van der Waals surface area contributed by atoms with Crippen molar-refractivity contribution in [2.24, 2.45) is 0 Å². The molecule has 0 spiro atoms. The SMILES string of the molecule is Cc1cccc(F)c1CN1C[C@H](c2ccc(N3CCN(C(=O)CCCNc4ccc5c(c4)C(=O)N(C4CCC(=O)NC4=O)C5=O)CC3)cc2)[C@@H](N(C)C)C1. The molecule has 0 aliphatic carbocycles. The molecule has 3 saturated heterocycles. The number of halogens is 1. The van der Waals surface area contributed by atoms with Gasteiger partial charge in [0.1, 0.15) is 11.9 Å². The summed E-state index contributed by atoms with van der Waals surface area (Å²) in [5, 5.41) is 5.46. The first kappa shape index (κ1) is 37.2. The number of hydrogen-bond acceptors (Lipinski definition) is 9. The van der Waals surface area contributed by atoms with Gasteiger partial charge in [-0.15, -0.1) is 0 Å². The molecule has 2 N–H and O–H groups in total. The molecule has 3 atom stereocenters. The molecule has 12 nitrogen and oxygen atoms in total. The second-order valence-electron chi connectivity index (χ2n) is 15.1. The maximum atomic E-state index is 14.6. The summed E-state index contributed by atoms with van der Waals surface area (Å²) in [6, 6.07) is 18.3. The maximum absolute atomic E-state index is 14.6. The molecule has 1 unspecified atom stereocenters. The molecular formula is C41H48FN7O5. The highest BCUT2D eigenvalue weighted by atomic mass is 19.1. The third-order valence-corrected chi connectivity index (χ3v) is 11.4. The fourth-order valence-corrected chi connectivity index (χ4v) is 8.29. The van der Waals surface area contributed by atoms with Crippen molar-refractivity contribution in [3.8, 4) is 0 Å². The van der Waals surface area contributed by atoms with Gasteiger partial charge in [-0.2, -0.15) is 0 Å². The number of nitrogens with one attached hydrogen (secondary N) is 2. The van der Waals surface area contributed by atoms with Gasteiger partial charge in [-0.3, -0.25) is 39.1 Å². The number of piperazine rings is 1. The quantitative estimate of drug-likeness (QED) is 0.225. The monoisotopic (exact) mass is 737 g/mol. The van der Waals surface area contributed by atoms with E-state index >= 15 is 0 Å². The molecule has 3 aromatic carbocycles. The first-order valence-electron chi connectivity index (χ1n) is 18.8. The smallest absolute Gasteiger partial charge is 0.262 e. The van der Waals surface area contributed by atoms with Crippen molar-refractivity contribution >= 4 is 40.9 Å². The molecule has 7 rings (SSSR count). The highest BCUT2D eigenvalue weighted by molar-refractivity contribution is 6.23. The molecule has 0 bridgehead atoms. The number of rotatable bonds is 11. The van der Waals surface area contributed by atoms with Gasteiger partial charge in [0.05, 0.1) is 11.1 Å². The number of imide groups is 2. The van der Waals surface area contributed by atoms with Crippen molar-refractivity contribution in [2.75, 3.05) is 70.1 Å². The van der Waals surface area contributed by atoms with Crippen LogP contribution in [-0.4, -0.2) is 121 Å². The Morgan fingerprint density at radius 1 is 0.926 bits per heavy atom. The van der Waals surface area contributed by atoms with Gasteiger partial charge in [0.15, 0.2) is 0 Å². The van der Waals surface area contributed by atoms with Gasteiger partial charge < -0.3 is 20.0 Å². The summed E-state index contributed by atoms with van der Waals surface area (Å²) in [5.41, 5.74) is 5.27. The fourth-order valence-electron chi connectivity index (χ4n) is 8.29. The summed E-state index contributed by atoms with van der Waals surface area (Å²) in [7, 11) is 4.23. The topological polar surface area (TPSA) is 126 Å². The lowest BCUT2D eigenvalue weighted by Crippen LogP contribution is -2.54. The molecule has 0 aromatic heterocycles. The van der Waals surface area contributed by atoms with Gasteiger partial charge in [-0.25, -0.2) is 4.39 Å². The lowest BCUT2D eigenvalue weighted by molar-refractivity contribution is -0.136. The highest BCUT2D eigenvalue weighted by Gasteiger charge is 2.44. The first-order chi connectivity index (χ1) is 26.0. The fraction of sp³-hybridized carbons (Fsp3) is 0.439. The zero-order chi connectivity index (χ0) is 38.1. The summed E-state index contributed by atoms with van der Waals surface area (Å²) >= 11 is 0. The van der Waals surface area contributed by atoms with Gasteiger partial charge in [0.2, 0.25) is 17.7 Å². The number of fused-ring (bicyclic) bond motifs is 1. The Bertz CT molecular complexity index is 1920. The Kier molecular flexibility index (Phi) is 10.8. The Morgan fingerprint density at radius 3 is 2.37 bits per heavy atom. The van der Waals surface area contributed by atoms with E-state index < -0.39 is 29.7 Å². The van der Waals surface area contributed by atoms with E-state index in [0.717, 1.165) is 47.9 Å². The number of nitrogens with zero attached hydrogens (tertiary/aromatic N) is 5. The van der Waals surface area contributed by atoms with Crippen molar-refractivity contribution in [1.29, 1.82) is 0 Å².